The van der Waals surface area contributed by atoms with Crippen LogP contribution in [-0.4, -0.2) is 24.6 Å². The van der Waals surface area contributed by atoms with Gasteiger partial charge in [-0.05, 0) is 42.0 Å². The fraction of sp³-hybridized carbons (Fsp3) is 0.571. The summed E-state index contributed by atoms with van der Waals surface area (Å²) in [4.78, 5) is 0. The van der Waals surface area contributed by atoms with Crippen LogP contribution in [0.3, 0.4) is 0 Å². The second-order valence-electron chi connectivity index (χ2n) is 4.01. The molecule has 1 aromatic carbocycles. The molecule has 0 aliphatic heterocycles. The molecule has 1 N–H and O–H groups in total. The van der Waals surface area contributed by atoms with Crippen molar-refractivity contribution in [1.82, 2.24) is 5.32 Å². The molecule has 0 fully saturated rings. The van der Waals surface area contributed by atoms with E-state index in [2.05, 4.69) is 59.4 Å². The first-order valence-electron chi connectivity index (χ1n) is 6.32. The zero-order valence-electron chi connectivity index (χ0n) is 10.7. The van der Waals surface area contributed by atoms with Crippen LogP contribution in [-0.2, 0) is 0 Å². The van der Waals surface area contributed by atoms with E-state index in [0.717, 1.165) is 13.1 Å². The van der Waals surface area contributed by atoms with Gasteiger partial charge in [0.1, 0.15) is 0 Å². The zero-order chi connectivity index (χ0) is 12.5. The standard InChI is InChI=1S/C14H22BrNS/c1-3-16-11-12(9-10-17-4-2)13-7-5-6-8-14(13)15/h5-8,12,16H,3-4,9-11H2,1-2H3. The van der Waals surface area contributed by atoms with Crippen molar-refractivity contribution in [2.24, 2.45) is 0 Å². The molecule has 0 saturated heterocycles. The number of likely N-dealkylation sites (N-methyl/N-ethyl adjacent to an activating group) is 1. The van der Waals surface area contributed by atoms with E-state index in [0.29, 0.717) is 5.92 Å². The summed E-state index contributed by atoms with van der Waals surface area (Å²) < 4.78 is 1.24. The number of thioether (sulfide) groups is 1. The molecule has 3 heteroatoms. The predicted molar refractivity (Wildman–Crippen MR) is 83.0 cm³/mol. The quantitative estimate of drug-likeness (QED) is 0.718. The summed E-state index contributed by atoms with van der Waals surface area (Å²) in [5, 5.41) is 3.47. The summed E-state index contributed by atoms with van der Waals surface area (Å²) in [5.74, 6) is 3.07. The Bertz CT molecular complexity index is 317. The normalized spacial score (nSPS) is 12.6. The van der Waals surface area contributed by atoms with Crippen molar-refractivity contribution in [3.63, 3.8) is 0 Å². The van der Waals surface area contributed by atoms with Crippen molar-refractivity contribution in [1.29, 1.82) is 0 Å². The van der Waals surface area contributed by atoms with Crippen LogP contribution in [0, 0.1) is 0 Å². The highest BCUT2D eigenvalue weighted by atomic mass is 79.9. The van der Waals surface area contributed by atoms with E-state index in [9.17, 15) is 0 Å². The van der Waals surface area contributed by atoms with Crippen LogP contribution in [0.25, 0.3) is 0 Å². The van der Waals surface area contributed by atoms with Gasteiger partial charge in [-0.2, -0.15) is 11.8 Å². The van der Waals surface area contributed by atoms with Gasteiger partial charge in [-0.3, -0.25) is 0 Å². The largest absolute Gasteiger partial charge is 0.316 e. The van der Waals surface area contributed by atoms with E-state index in [1.807, 2.05) is 11.8 Å². The number of rotatable bonds is 8. The maximum atomic E-state index is 3.66. The third-order valence-electron chi connectivity index (χ3n) is 2.80. The molecule has 1 atom stereocenters. The molecule has 1 rings (SSSR count). The zero-order valence-corrected chi connectivity index (χ0v) is 13.1. The minimum atomic E-state index is 0.615. The Morgan fingerprint density at radius 1 is 1.29 bits per heavy atom. The second kappa shape index (κ2) is 9.01. The number of halogens is 1. The van der Waals surface area contributed by atoms with Crippen LogP contribution in [0.4, 0.5) is 0 Å². The van der Waals surface area contributed by atoms with E-state index in [1.54, 1.807) is 0 Å². The highest BCUT2D eigenvalue weighted by Gasteiger charge is 2.13. The molecule has 0 amide bonds. The molecule has 1 unspecified atom stereocenters. The van der Waals surface area contributed by atoms with Crippen molar-refractivity contribution in [3.05, 3.63) is 34.3 Å². The van der Waals surface area contributed by atoms with Crippen LogP contribution in [0.1, 0.15) is 31.7 Å². The summed E-state index contributed by atoms with van der Waals surface area (Å²) in [6, 6.07) is 8.59. The Kier molecular flexibility index (Phi) is 7.99. The summed E-state index contributed by atoms with van der Waals surface area (Å²) in [7, 11) is 0. The third kappa shape index (κ3) is 5.45. The molecule has 96 valence electrons. The summed E-state index contributed by atoms with van der Waals surface area (Å²) >= 11 is 5.69. The van der Waals surface area contributed by atoms with Gasteiger partial charge in [0, 0.05) is 11.0 Å². The molecule has 0 heterocycles. The Morgan fingerprint density at radius 2 is 2.06 bits per heavy atom. The highest BCUT2D eigenvalue weighted by molar-refractivity contribution is 9.10. The molecular weight excluding hydrogens is 294 g/mol. The second-order valence-corrected chi connectivity index (χ2v) is 6.26. The molecule has 0 spiro atoms. The van der Waals surface area contributed by atoms with Gasteiger partial charge in [-0.25, -0.2) is 0 Å². The lowest BCUT2D eigenvalue weighted by molar-refractivity contribution is 0.585. The Labute approximate surface area is 118 Å². The minimum Gasteiger partial charge on any atom is -0.316 e. The molecule has 1 nitrogen and oxygen atoms in total. The van der Waals surface area contributed by atoms with E-state index >= 15 is 0 Å². The van der Waals surface area contributed by atoms with Gasteiger partial charge in [0.15, 0.2) is 0 Å². The van der Waals surface area contributed by atoms with Crippen LogP contribution in [0.5, 0.6) is 0 Å². The van der Waals surface area contributed by atoms with Crippen LogP contribution >= 0.6 is 27.7 Å². The molecule has 0 aliphatic carbocycles. The first kappa shape index (κ1) is 15.1. The van der Waals surface area contributed by atoms with E-state index in [-0.39, 0.29) is 0 Å². The fourth-order valence-electron chi connectivity index (χ4n) is 1.86. The lowest BCUT2D eigenvalue weighted by atomic mass is 9.96. The Balaban J connectivity index is 2.64. The third-order valence-corrected chi connectivity index (χ3v) is 4.46. The highest BCUT2D eigenvalue weighted by Crippen LogP contribution is 2.28. The SMILES string of the molecule is CCNCC(CCSCC)c1ccccc1Br. The molecule has 0 bridgehead atoms. The average molecular weight is 316 g/mol. The van der Waals surface area contributed by atoms with Gasteiger partial charge < -0.3 is 5.32 Å². The van der Waals surface area contributed by atoms with Crippen molar-refractivity contribution in [3.8, 4) is 0 Å². The molecular formula is C14H22BrNS. The number of hydrogen-bond donors (Lipinski definition) is 1. The maximum Gasteiger partial charge on any atom is 0.0210 e. The number of benzene rings is 1. The molecule has 1 aromatic rings. The molecule has 17 heavy (non-hydrogen) atoms. The van der Waals surface area contributed by atoms with Gasteiger partial charge in [0.05, 0.1) is 0 Å². The van der Waals surface area contributed by atoms with Gasteiger partial charge >= 0.3 is 0 Å². The smallest absolute Gasteiger partial charge is 0.0210 e. The van der Waals surface area contributed by atoms with Crippen LogP contribution < -0.4 is 5.32 Å². The van der Waals surface area contributed by atoms with Gasteiger partial charge in [0.25, 0.3) is 0 Å². The lowest BCUT2D eigenvalue weighted by Gasteiger charge is -2.19. The predicted octanol–water partition coefficient (Wildman–Crippen LogP) is 4.29. The fourth-order valence-corrected chi connectivity index (χ4v) is 3.21. The number of nitrogens with one attached hydrogen (secondary N) is 1. The summed E-state index contributed by atoms with van der Waals surface area (Å²) in [5.41, 5.74) is 1.44. The minimum absolute atomic E-state index is 0.615. The van der Waals surface area contributed by atoms with Crippen molar-refractivity contribution >= 4 is 27.7 Å². The summed E-state index contributed by atoms with van der Waals surface area (Å²) in [6.45, 7) is 6.51. The van der Waals surface area contributed by atoms with E-state index in [4.69, 9.17) is 0 Å². The summed E-state index contributed by atoms with van der Waals surface area (Å²) in [6.07, 6.45) is 1.24. The molecule has 0 saturated carbocycles. The maximum absolute atomic E-state index is 3.66. The molecule has 0 aliphatic rings. The molecule has 0 aromatic heterocycles. The van der Waals surface area contributed by atoms with Gasteiger partial charge in [-0.15, -0.1) is 0 Å². The monoisotopic (exact) mass is 315 g/mol. The van der Waals surface area contributed by atoms with E-state index in [1.165, 1.54) is 28.0 Å². The van der Waals surface area contributed by atoms with E-state index < -0.39 is 0 Å². The van der Waals surface area contributed by atoms with Crippen LogP contribution in [0.15, 0.2) is 28.7 Å². The van der Waals surface area contributed by atoms with Gasteiger partial charge in [0.2, 0.25) is 0 Å². The van der Waals surface area contributed by atoms with Crippen LogP contribution in [0.2, 0.25) is 0 Å². The van der Waals surface area contributed by atoms with Crippen molar-refractivity contribution < 1.29 is 0 Å². The average Bonchev–Trinajstić information content (AvgIpc) is 2.35. The van der Waals surface area contributed by atoms with Crippen molar-refractivity contribution in [2.45, 2.75) is 26.2 Å². The lowest BCUT2D eigenvalue weighted by Crippen LogP contribution is -2.22. The molecule has 0 radical (unpaired) electrons. The van der Waals surface area contributed by atoms with Crippen molar-refractivity contribution in [2.75, 3.05) is 24.6 Å². The first-order valence-corrected chi connectivity index (χ1v) is 8.27. The Hall–Kier alpha value is 0.01000. The topological polar surface area (TPSA) is 12.0 Å². The first-order chi connectivity index (χ1) is 8.29. The van der Waals surface area contributed by atoms with Gasteiger partial charge in [-0.1, -0.05) is 48.0 Å². The Morgan fingerprint density at radius 3 is 2.71 bits per heavy atom. The number of hydrogen-bond acceptors (Lipinski definition) is 2.